The van der Waals surface area contributed by atoms with E-state index in [0.29, 0.717) is 18.6 Å². The maximum Gasteiger partial charge on any atom is 0.328 e. The Morgan fingerprint density at radius 2 is 1.58 bits per heavy atom. The van der Waals surface area contributed by atoms with Crippen LogP contribution in [-0.4, -0.2) is 57.6 Å². The summed E-state index contributed by atoms with van der Waals surface area (Å²) in [5, 5.41) is 20.0. The fourth-order valence-corrected chi connectivity index (χ4v) is 4.54. The summed E-state index contributed by atoms with van der Waals surface area (Å²) in [6.45, 7) is 5.50. The predicted molar refractivity (Wildman–Crippen MR) is 147 cm³/mol. The third kappa shape index (κ3) is 9.44. The van der Waals surface area contributed by atoms with Crippen molar-refractivity contribution in [2.24, 2.45) is 0 Å². The molecule has 2 aromatic carbocycles. The summed E-state index contributed by atoms with van der Waals surface area (Å²) < 4.78 is 0. The number of hydrogen-bond acceptors (Lipinski definition) is 5. The third-order valence-corrected chi connectivity index (χ3v) is 6.45. The van der Waals surface area contributed by atoms with Crippen molar-refractivity contribution in [3.8, 4) is 0 Å². The van der Waals surface area contributed by atoms with E-state index < -0.39 is 11.9 Å². The minimum atomic E-state index is -1.26. The Hall–Kier alpha value is -4.04. The predicted octanol–water partition coefficient (Wildman–Crippen LogP) is 4.53. The van der Waals surface area contributed by atoms with Crippen LogP contribution in [0.4, 0.5) is 0 Å². The number of benzene rings is 2. The molecule has 0 bridgehead atoms. The first-order valence-electron chi connectivity index (χ1n) is 12.9. The van der Waals surface area contributed by atoms with Gasteiger partial charge in [-0.2, -0.15) is 0 Å². The summed E-state index contributed by atoms with van der Waals surface area (Å²) in [6, 6.07) is 20.4. The number of rotatable bonds is 9. The number of pyridine rings is 1. The number of para-hydroxylation sites is 1. The van der Waals surface area contributed by atoms with Crippen molar-refractivity contribution in [2.45, 2.75) is 45.1 Å². The maximum atomic E-state index is 12.9. The van der Waals surface area contributed by atoms with E-state index in [0.717, 1.165) is 29.6 Å². The standard InChI is InChI=1S/C26H31N3O.C4H4O4/c1-20-9-3-5-11-23(20)25(15-18-29-16-7-2-8-17-29)28-26(30)19-22-14-13-21-10-4-6-12-24(21)27-22;5-3(6)1-2-4(7)8/h3-6,9-14,25H,2,7-8,15-19H2,1H3,(H,28,30);1-2H,(H,5,6)(H,7,8). The molecule has 0 saturated carbocycles. The van der Waals surface area contributed by atoms with Crippen LogP contribution in [0.1, 0.15) is 48.5 Å². The number of likely N-dealkylation sites (tertiary alicyclic amines) is 1. The molecule has 1 unspecified atom stereocenters. The van der Waals surface area contributed by atoms with Gasteiger partial charge in [0.05, 0.1) is 23.7 Å². The number of piperidine rings is 1. The molecule has 0 spiro atoms. The van der Waals surface area contributed by atoms with E-state index in [1.165, 1.54) is 43.5 Å². The quantitative estimate of drug-likeness (QED) is 0.357. The Labute approximate surface area is 223 Å². The van der Waals surface area contributed by atoms with Crippen LogP contribution in [0.25, 0.3) is 10.9 Å². The van der Waals surface area contributed by atoms with E-state index >= 15 is 0 Å². The molecule has 0 radical (unpaired) electrons. The van der Waals surface area contributed by atoms with Crippen LogP contribution in [0.15, 0.2) is 72.8 Å². The van der Waals surface area contributed by atoms with E-state index in [4.69, 9.17) is 10.2 Å². The molecule has 2 heterocycles. The topological polar surface area (TPSA) is 120 Å². The number of carbonyl (C=O) groups excluding carboxylic acids is 1. The van der Waals surface area contributed by atoms with E-state index in [1.54, 1.807) is 0 Å². The fraction of sp³-hybridized carbons (Fsp3) is 0.333. The highest BCUT2D eigenvalue weighted by atomic mass is 16.4. The highest BCUT2D eigenvalue weighted by molar-refractivity contribution is 5.89. The lowest BCUT2D eigenvalue weighted by Gasteiger charge is -2.29. The average Bonchev–Trinajstić information content (AvgIpc) is 2.91. The van der Waals surface area contributed by atoms with Crippen molar-refractivity contribution in [2.75, 3.05) is 19.6 Å². The van der Waals surface area contributed by atoms with Gasteiger partial charge in [-0.25, -0.2) is 9.59 Å². The Morgan fingerprint density at radius 1 is 0.921 bits per heavy atom. The minimum Gasteiger partial charge on any atom is -0.478 e. The highest BCUT2D eigenvalue weighted by Crippen LogP contribution is 2.22. The second-order valence-electron chi connectivity index (χ2n) is 9.35. The van der Waals surface area contributed by atoms with E-state index in [-0.39, 0.29) is 11.9 Å². The van der Waals surface area contributed by atoms with Gasteiger partial charge in [-0.05, 0) is 62.5 Å². The van der Waals surface area contributed by atoms with Crippen molar-refractivity contribution in [3.05, 3.63) is 89.6 Å². The average molecular weight is 518 g/mol. The lowest BCUT2D eigenvalue weighted by Crippen LogP contribution is -2.36. The van der Waals surface area contributed by atoms with Crippen molar-refractivity contribution >= 4 is 28.7 Å². The van der Waals surface area contributed by atoms with Gasteiger partial charge in [-0.1, -0.05) is 55.0 Å². The molecule has 1 saturated heterocycles. The number of carbonyl (C=O) groups is 3. The molecule has 1 aromatic heterocycles. The lowest BCUT2D eigenvalue weighted by molar-refractivity contribution is -0.134. The highest BCUT2D eigenvalue weighted by Gasteiger charge is 2.19. The normalized spacial score (nSPS) is 14.4. The number of carboxylic acids is 2. The zero-order valence-electron chi connectivity index (χ0n) is 21.7. The molecule has 1 aliphatic rings. The number of nitrogens with one attached hydrogen (secondary N) is 1. The number of hydrogen-bond donors (Lipinski definition) is 3. The molecule has 3 aromatic rings. The molecule has 0 aliphatic carbocycles. The number of nitrogens with zero attached hydrogens (tertiary/aromatic N) is 2. The van der Waals surface area contributed by atoms with Crippen molar-refractivity contribution in [3.63, 3.8) is 0 Å². The molecular weight excluding hydrogens is 482 g/mol. The van der Waals surface area contributed by atoms with Crippen LogP contribution in [0.2, 0.25) is 0 Å². The molecular formula is C30H35N3O5. The number of aliphatic carboxylic acids is 2. The van der Waals surface area contributed by atoms with Crippen molar-refractivity contribution in [1.82, 2.24) is 15.2 Å². The first-order valence-corrected chi connectivity index (χ1v) is 12.9. The van der Waals surface area contributed by atoms with Gasteiger partial charge in [-0.15, -0.1) is 0 Å². The van der Waals surface area contributed by atoms with E-state index in [1.807, 2.05) is 36.4 Å². The number of fused-ring (bicyclic) bond motifs is 1. The second kappa shape index (κ2) is 14.6. The van der Waals surface area contributed by atoms with Gasteiger partial charge in [0.15, 0.2) is 0 Å². The Bertz CT molecular complexity index is 1250. The van der Waals surface area contributed by atoms with Gasteiger partial charge < -0.3 is 20.4 Å². The Morgan fingerprint density at radius 3 is 2.26 bits per heavy atom. The first-order chi connectivity index (χ1) is 18.3. The largest absolute Gasteiger partial charge is 0.478 e. The first kappa shape index (κ1) is 28.5. The molecule has 200 valence electrons. The second-order valence-corrected chi connectivity index (χ2v) is 9.35. The maximum absolute atomic E-state index is 12.9. The zero-order valence-corrected chi connectivity index (χ0v) is 21.7. The van der Waals surface area contributed by atoms with Crippen LogP contribution in [-0.2, 0) is 20.8 Å². The van der Waals surface area contributed by atoms with E-state index in [9.17, 15) is 14.4 Å². The molecule has 1 fully saturated rings. The molecule has 1 aliphatic heterocycles. The summed E-state index contributed by atoms with van der Waals surface area (Å²) in [6.07, 6.45) is 6.26. The van der Waals surface area contributed by atoms with Crippen molar-refractivity contribution < 1.29 is 24.6 Å². The molecule has 1 amide bonds. The fourth-order valence-electron chi connectivity index (χ4n) is 4.54. The summed E-state index contributed by atoms with van der Waals surface area (Å²) >= 11 is 0. The van der Waals surface area contributed by atoms with Gasteiger partial charge in [0.1, 0.15) is 0 Å². The summed E-state index contributed by atoms with van der Waals surface area (Å²) in [4.78, 5) is 39.2. The number of carboxylic acid groups (broad SMARTS) is 2. The smallest absolute Gasteiger partial charge is 0.328 e. The molecule has 8 nitrogen and oxygen atoms in total. The summed E-state index contributed by atoms with van der Waals surface area (Å²) in [7, 11) is 0. The van der Waals surface area contributed by atoms with Gasteiger partial charge in [-0.3, -0.25) is 9.78 Å². The molecule has 3 N–H and O–H groups in total. The SMILES string of the molecule is Cc1ccccc1C(CCN1CCCCC1)NC(=O)Cc1ccc2ccccc2n1.O=C(O)C=CC(=O)O. The number of aromatic nitrogens is 1. The minimum absolute atomic E-state index is 0.0288. The van der Waals surface area contributed by atoms with Crippen LogP contribution in [0.3, 0.4) is 0 Å². The number of amides is 1. The van der Waals surface area contributed by atoms with Gasteiger partial charge in [0.25, 0.3) is 0 Å². The van der Waals surface area contributed by atoms with Crippen molar-refractivity contribution in [1.29, 1.82) is 0 Å². The van der Waals surface area contributed by atoms with Gasteiger partial charge in [0, 0.05) is 24.1 Å². The summed E-state index contributed by atoms with van der Waals surface area (Å²) in [5.74, 6) is -2.48. The van der Waals surface area contributed by atoms with Crippen LogP contribution in [0.5, 0.6) is 0 Å². The third-order valence-electron chi connectivity index (χ3n) is 6.45. The number of aryl methyl sites for hydroxylation is 1. The molecule has 38 heavy (non-hydrogen) atoms. The molecule has 1 atom stereocenters. The lowest BCUT2D eigenvalue weighted by atomic mass is 9.97. The van der Waals surface area contributed by atoms with Crippen LogP contribution < -0.4 is 5.32 Å². The monoisotopic (exact) mass is 517 g/mol. The molecule has 4 rings (SSSR count). The van der Waals surface area contributed by atoms with Crippen LogP contribution in [0, 0.1) is 6.92 Å². The van der Waals surface area contributed by atoms with E-state index in [2.05, 4.69) is 46.4 Å². The Kier molecular flexibility index (Phi) is 11.0. The zero-order chi connectivity index (χ0) is 27.3. The van der Waals surface area contributed by atoms with Crippen LogP contribution >= 0.6 is 0 Å². The molecule has 8 heteroatoms. The van der Waals surface area contributed by atoms with Gasteiger partial charge in [0.2, 0.25) is 5.91 Å². The van der Waals surface area contributed by atoms with Gasteiger partial charge >= 0.3 is 11.9 Å². The summed E-state index contributed by atoms with van der Waals surface area (Å²) in [5.41, 5.74) is 4.19. The Balaban J connectivity index is 0.000000436.